The molecule has 74 valence electrons. The van der Waals surface area contributed by atoms with Gasteiger partial charge in [-0.1, -0.05) is 18.2 Å². The summed E-state index contributed by atoms with van der Waals surface area (Å²) in [7, 11) is 0. The van der Waals surface area contributed by atoms with E-state index in [0.717, 1.165) is 39.7 Å². The number of nitrogens with zero attached hydrogens (tertiary/aromatic N) is 1. The minimum Gasteiger partial charge on any atom is -0.618 e. The van der Waals surface area contributed by atoms with Gasteiger partial charge in [0.05, 0.1) is 0 Å². The molecule has 0 N–H and O–H groups in total. The lowest BCUT2D eigenvalue weighted by Crippen LogP contribution is -2.33. The van der Waals surface area contributed by atoms with Crippen LogP contribution >= 0.6 is 0 Å². The fourth-order valence-electron chi connectivity index (χ4n) is 2.13. The average molecular weight is 197 g/mol. The summed E-state index contributed by atoms with van der Waals surface area (Å²) in [6.07, 6.45) is 5.99. The summed E-state index contributed by atoms with van der Waals surface area (Å²) in [4.78, 5) is 0. The lowest BCUT2D eigenvalue weighted by molar-refractivity contribution is -0.579. The molecule has 0 saturated carbocycles. The molecule has 0 fully saturated rings. The van der Waals surface area contributed by atoms with Crippen LogP contribution in [0.5, 0.6) is 0 Å². The van der Waals surface area contributed by atoms with E-state index < -0.39 is 0 Å². The normalized spacial score (nSPS) is 14.1. The van der Waals surface area contributed by atoms with E-state index in [1.807, 2.05) is 30.3 Å². The van der Waals surface area contributed by atoms with Gasteiger partial charge in [-0.25, -0.2) is 0 Å². The summed E-state index contributed by atoms with van der Waals surface area (Å²) < 4.78 is 1.04. The van der Waals surface area contributed by atoms with Crippen molar-refractivity contribution in [1.29, 1.82) is 0 Å². The van der Waals surface area contributed by atoms with Crippen molar-refractivity contribution in [3.05, 3.63) is 52.9 Å². The quantitative estimate of drug-likeness (QED) is 0.470. The largest absolute Gasteiger partial charge is 0.618 e. The van der Waals surface area contributed by atoms with E-state index >= 15 is 0 Å². The molecule has 0 amide bonds. The summed E-state index contributed by atoms with van der Waals surface area (Å²) in [5.41, 5.74) is 2.72. The van der Waals surface area contributed by atoms with Gasteiger partial charge in [0, 0.05) is 23.1 Å². The Morgan fingerprint density at radius 3 is 3.00 bits per heavy atom. The minimum atomic E-state index is 0.753. The minimum absolute atomic E-state index is 0.753. The lowest BCUT2D eigenvalue weighted by Gasteiger charge is -2.12. The zero-order valence-electron chi connectivity index (χ0n) is 8.31. The Labute approximate surface area is 88.1 Å². The predicted molar refractivity (Wildman–Crippen MR) is 60.3 cm³/mol. The highest BCUT2D eigenvalue weighted by atomic mass is 16.5. The van der Waals surface area contributed by atoms with Gasteiger partial charge in [0.1, 0.15) is 0 Å². The molecule has 3 rings (SSSR count). The lowest BCUT2D eigenvalue weighted by atomic mass is 10.00. The third kappa shape index (κ3) is 1.22. The Morgan fingerprint density at radius 2 is 2.07 bits per heavy atom. The zero-order chi connectivity index (χ0) is 10.3. The van der Waals surface area contributed by atoms with Crippen molar-refractivity contribution in [2.75, 3.05) is 0 Å². The van der Waals surface area contributed by atoms with E-state index in [1.54, 1.807) is 0 Å². The molecule has 2 nitrogen and oxygen atoms in total. The number of benzene rings is 1. The number of pyridine rings is 1. The molecule has 1 aromatic heterocycles. The van der Waals surface area contributed by atoms with E-state index in [9.17, 15) is 5.21 Å². The molecule has 0 bridgehead atoms. The van der Waals surface area contributed by atoms with Crippen LogP contribution in [-0.2, 0) is 6.42 Å². The second-order valence-corrected chi connectivity index (χ2v) is 3.85. The summed E-state index contributed by atoms with van der Waals surface area (Å²) in [6, 6.07) is 9.85. The van der Waals surface area contributed by atoms with Crippen LogP contribution in [0.1, 0.15) is 17.7 Å². The number of hydrogen-bond donors (Lipinski definition) is 0. The summed E-state index contributed by atoms with van der Waals surface area (Å²) in [6.45, 7) is 0. The monoisotopic (exact) mass is 197 g/mol. The van der Waals surface area contributed by atoms with Crippen LogP contribution in [0.2, 0.25) is 0 Å². The highest BCUT2D eigenvalue weighted by molar-refractivity contribution is 5.77. The van der Waals surface area contributed by atoms with Crippen molar-refractivity contribution in [3.63, 3.8) is 0 Å². The third-order valence-corrected chi connectivity index (χ3v) is 2.89. The van der Waals surface area contributed by atoms with Crippen LogP contribution in [0, 0.1) is 5.21 Å². The molecule has 0 spiro atoms. The Morgan fingerprint density at radius 1 is 1.20 bits per heavy atom. The molecule has 0 unspecified atom stereocenters. The van der Waals surface area contributed by atoms with Crippen molar-refractivity contribution in [2.24, 2.45) is 0 Å². The molecule has 0 atom stereocenters. The molecule has 1 aromatic carbocycles. The summed E-state index contributed by atoms with van der Waals surface area (Å²) >= 11 is 0. The first-order valence-electron chi connectivity index (χ1n) is 5.17. The van der Waals surface area contributed by atoms with Gasteiger partial charge < -0.3 is 5.21 Å². The summed E-state index contributed by atoms with van der Waals surface area (Å²) in [5.74, 6) is 0. The van der Waals surface area contributed by atoms with Crippen molar-refractivity contribution in [1.82, 2.24) is 0 Å². The highest BCUT2D eigenvalue weighted by Gasteiger charge is 2.16. The van der Waals surface area contributed by atoms with Crippen molar-refractivity contribution >= 4 is 17.0 Å². The molecule has 1 aliphatic carbocycles. The number of hydrogen-bond acceptors (Lipinski definition) is 1. The van der Waals surface area contributed by atoms with Crippen LogP contribution in [0.15, 0.2) is 36.4 Å². The predicted octanol–water partition coefficient (Wildman–Crippen LogP) is 2.43. The van der Waals surface area contributed by atoms with Crippen molar-refractivity contribution in [3.8, 4) is 0 Å². The first-order valence-corrected chi connectivity index (χ1v) is 5.17. The first kappa shape index (κ1) is 8.48. The van der Waals surface area contributed by atoms with E-state index in [4.69, 9.17) is 0 Å². The van der Waals surface area contributed by atoms with Gasteiger partial charge in [-0.3, -0.25) is 0 Å². The standard InChI is InChI=1S/C13H11NO/c15-14-12-7-3-1-5-10(12)9-11-6-2-4-8-13(11)14/h1,3-5,7-9H,2,6H2. The molecule has 2 aromatic rings. The first-order chi connectivity index (χ1) is 7.36. The number of rotatable bonds is 0. The van der Waals surface area contributed by atoms with Crippen LogP contribution < -0.4 is 4.73 Å². The third-order valence-electron chi connectivity index (χ3n) is 2.89. The van der Waals surface area contributed by atoms with Gasteiger partial charge in [-0.05, 0) is 25.0 Å². The van der Waals surface area contributed by atoms with Gasteiger partial charge >= 0.3 is 0 Å². The molecule has 2 heteroatoms. The molecule has 1 heterocycles. The fraction of sp³-hybridized carbons (Fsp3) is 0.154. The Hall–Kier alpha value is -1.83. The van der Waals surface area contributed by atoms with Crippen molar-refractivity contribution < 1.29 is 4.73 Å². The van der Waals surface area contributed by atoms with Crippen LogP contribution in [0.4, 0.5) is 0 Å². The fourth-order valence-corrected chi connectivity index (χ4v) is 2.13. The maximum absolute atomic E-state index is 12.0. The van der Waals surface area contributed by atoms with E-state index in [1.165, 1.54) is 0 Å². The van der Waals surface area contributed by atoms with Crippen LogP contribution in [-0.4, -0.2) is 0 Å². The second-order valence-electron chi connectivity index (χ2n) is 3.85. The average Bonchev–Trinajstić information content (AvgIpc) is 2.30. The summed E-state index contributed by atoms with van der Waals surface area (Å²) in [5, 5.41) is 13.1. The molecule has 0 saturated heterocycles. The van der Waals surface area contributed by atoms with Crippen molar-refractivity contribution in [2.45, 2.75) is 12.8 Å². The molecule has 0 aliphatic heterocycles. The van der Waals surface area contributed by atoms with E-state index in [2.05, 4.69) is 12.1 Å². The second kappa shape index (κ2) is 3.09. The van der Waals surface area contributed by atoms with E-state index in [-0.39, 0.29) is 0 Å². The Bertz CT molecular complexity index is 558. The number of fused-ring (bicyclic) bond motifs is 2. The van der Waals surface area contributed by atoms with Gasteiger partial charge in [0.2, 0.25) is 11.2 Å². The highest BCUT2D eigenvalue weighted by Crippen LogP contribution is 2.20. The van der Waals surface area contributed by atoms with Gasteiger partial charge in [0.25, 0.3) is 0 Å². The SMILES string of the molecule is [O-][n+]1c2c(cc3ccccc31)CCC=C2. The molecule has 0 radical (unpaired) electrons. The van der Waals surface area contributed by atoms with Gasteiger partial charge in [-0.2, -0.15) is 4.73 Å². The Kier molecular flexibility index (Phi) is 1.75. The zero-order valence-corrected chi connectivity index (χ0v) is 8.31. The molecule has 15 heavy (non-hydrogen) atoms. The number of allylic oxidation sites excluding steroid dienone is 1. The maximum atomic E-state index is 12.0. The van der Waals surface area contributed by atoms with Gasteiger partial charge in [-0.15, -0.1) is 0 Å². The molecule has 1 aliphatic rings. The molecular formula is C13H11NO. The number of aromatic nitrogens is 1. The maximum Gasteiger partial charge on any atom is 0.224 e. The number of aryl methyl sites for hydroxylation is 1. The molecular weight excluding hydrogens is 186 g/mol. The smallest absolute Gasteiger partial charge is 0.224 e. The van der Waals surface area contributed by atoms with Crippen LogP contribution in [0.3, 0.4) is 0 Å². The topological polar surface area (TPSA) is 26.9 Å². The number of para-hydroxylation sites is 1. The van der Waals surface area contributed by atoms with E-state index in [0.29, 0.717) is 0 Å². The van der Waals surface area contributed by atoms with Crippen LogP contribution in [0.25, 0.3) is 17.0 Å². The van der Waals surface area contributed by atoms with Gasteiger partial charge in [0.15, 0.2) is 0 Å². The Balaban J connectivity index is 2.42.